The smallest absolute Gasteiger partial charge is 0.117 e. The van der Waals surface area contributed by atoms with Crippen molar-refractivity contribution in [3.63, 3.8) is 0 Å². The fourth-order valence-corrected chi connectivity index (χ4v) is 0.587. The third-order valence-corrected chi connectivity index (χ3v) is 0.931. The van der Waals surface area contributed by atoms with Gasteiger partial charge in [-0.25, -0.2) is 0 Å². The molecular weight excluding hydrogens is 130 g/mol. The molecule has 1 heterocycles. The molecule has 0 saturated carbocycles. The van der Waals surface area contributed by atoms with E-state index in [1.165, 1.54) is 0 Å². The molecule has 3 heteroatoms. The minimum atomic E-state index is 0.812. The van der Waals surface area contributed by atoms with E-state index in [9.17, 15) is 0 Å². The van der Waals surface area contributed by atoms with Crippen molar-refractivity contribution < 1.29 is 9.21 Å². The van der Waals surface area contributed by atoms with Gasteiger partial charge in [-0.3, -0.25) is 0 Å². The second-order valence-electron chi connectivity index (χ2n) is 1.61. The number of hydrogen-bond donors (Lipinski definition) is 1. The summed E-state index contributed by atoms with van der Waals surface area (Å²) in [5.41, 5.74) is 0. The van der Waals surface area contributed by atoms with E-state index >= 15 is 0 Å². The van der Waals surface area contributed by atoms with E-state index in [0.29, 0.717) is 0 Å². The Labute approximate surface area is 60.0 Å². The Morgan fingerprint density at radius 2 is 2.40 bits per heavy atom. The molecule has 10 heavy (non-hydrogen) atoms. The number of carbonyl (C=O) groups is 1. The fraction of sp³-hybridized carbons (Fsp3) is 0.286. The van der Waals surface area contributed by atoms with Gasteiger partial charge in [-0.15, -0.1) is 0 Å². The Bertz CT molecular complexity index is 149. The first-order valence-electron chi connectivity index (χ1n) is 2.89. The van der Waals surface area contributed by atoms with Crippen LogP contribution in [0, 0.1) is 0 Å². The van der Waals surface area contributed by atoms with E-state index in [1.54, 1.807) is 6.26 Å². The van der Waals surface area contributed by atoms with Gasteiger partial charge in [0.2, 0.25) is 0 Å². The van der Waals surface area contributed by atoms with Gasteiger partial charge in [0.05, 0.1) is 12.8 Å². The predicted octanol–water partition coefficient (Wildman–Crippen LogP) is 0.814. The molecule has 1 rings (SSSR count). The van der Waals surface area contributed by atoms with E-state index in [-0.39, 0.29) is 0 Å². The Morgan fingerprint density at radius 1 is 1.70 bits per heavy atom. The number of rotatable bonds is 2. The Morgan fingerprint density at radius 3 is 2.80 bits per heavy atom. The summed E-state index contributed by atoms with van der Waals surface area (Å²) in [6, 6.07) is 3.82. The lowest BCUT2D eigenvalue weighted by Crippen LogP contribution is -2.03. The number of nitrogens with one attached hydrogen (secondary N) is 1. The predicted molar refractivity (Wildman–Crippen MR) is 38.6 cm³/mol. The molecule has 0 aliphatic carbocycles. The zero-order valence-corrected chi connectivity index (χ0v) is 5.96. The second kappa shape index (κ2) is 6.04. The van der Waals surface area contributed by atoms with Crippen molar-refractivity contribution in [1.82, 2.24) is 5.32 Å². The van der Waals surface area contributed by atoms with Gasteiger partial charge in [0.1, 0.15) is 12.5 Å². The van der Waals surface area contributed by atoms with Crippen LogP contribution in [-0.4, -0.2) is 13.8 Å². The molecule has 0 bridgehead atoms. The highest BCUT2D eigenvalue weighted by molar-refractivity contribution is 5.11. The van der Waals surface area contributed by atoms with Gasteiger partial charge < -0.3 is 14.5 Å². The summed E-state index contributed by atoms with van der Waals surface area (Å²) in [6.45, 7) is 2.81. The average Bonchev–Trinajstić information content (AvgIpc) is 2.46. The van der Waals surface area contributed by atoms with Crippen molar-refractivity contribution in [2.45, 2.75) is 6.54 Å². The molecule has 3 nitrogen and oxygen atoms in total. The molecule has 0 atom stereocenters. The van der Waals surface area contributed by atoms with Crippen molar-refractivity contribution in [2.75, 3.05) is 7.05 Å². The fourth-order valence-electron chi connectivity index (χ4n) is 0.587. The third kappa shape index (κ3) is 3.04. The summed E-state index contributed by atoms with van der Waals surface area (Å²) < 4.78 is 5.01. The second-order valence-corrected chi connectivity index (χ2v) is 1.61. The van der Waals surface area contributed by atoms with Gasteiger partial charge in [0.25, 0.3) is 0 Å². The van der Waals surface area contributed by atoms with E-state index in [0.717, 1.165) is 12.3 Å². The minimum absolute atomic E-state index is 0.812. The molecule has 0 aliphatic rings. The van der Waals surface area contributed by atoms with Crippen molar-refractivity contribution in [3.8, 4) is 0 Å². The van der Waals surface area contributed by atoms with Crippen molar-refractivity contribution >= 4 is 6.79 Å². The van der Waals surface area contributed by atoms with Gasteiger partial charge >= 0.3 is 0 Å². The van der Waals surface area contributed by atoms with Crippen LogP contribution in [0.15, 0.2) is 22.8 Å². The van der Waals surface area contributed by atoms with Crippen molar-refractivity contribution in [1.29, 1.82) is 0 Å². The van der Waals surface area contributed by atoms with Gasteiger partial charge in [0.15, 0.2) is 0 Å². The Balaban J connectivity index is 0.000000371. The molecule has 0 saturated heterocycles. The van der Waals surface area contributed by atoms with Crippen LogP contribution in [0.3, 0.4) is 0 Å². The zero-order chi connectivity index (χ0) is 7.82. The highest BCUT2D eigenvalue weighted by atomic mass is 16.3. The van der Waals surface area contributed by atoms with Crippen LogP contribution in [0.5, 0.6) is 0 Å². The van der Waals surface area contributed by atoms with E-state index in [2.05, 4.69) is 5.32 Å². The number of hydrogen-bond acceptors (Lipinski definition) is 3. The normalized spacial score (nSPS) is 8.10. The lowest BCUT2D eigenvalue weighted by molar-refractivity contribution is -0.0979. The van der Waals surface area contributed by atoms with E-state index in [1.807, 2.05) is 26.0 Å². The summed E-state index contributed by atoms with van der Waals surface area (Å²) in [5, 5.41) is 2.98. The maximum atomic E-state index is 8.00. The standard InChI is InChI=1S/C6H9NO.CH2O/c1-7-5-6-3-2-4-8-6;1-2/h2-4,7H,5H2,1H3;1H2. The highest BCUT2D eigenvalue weighted by Gasteiger charge is 1.87. The molecular formula is C7H11NO2. The first-order valence-corrected chi connectivity index (χ1v) is 2.89. The first kappa shape index (κ1) is 8.91. The SMILES string of the molecule is C=O.CNCc1ccco1. The van der Waals surface area contributed by atoms with Gasteiger partial charge in [-0.2, -0.15) is 0 Å². The van der Waals surface area contributed by atoms with E-state index in [4.69, 9.17) is 9.21 Å². The lowest BCUT2D eigenvalue weighted by atomic mass is 10.4. The summed E-state index contributed by atoms with van der Waals surface area (Å²) in [7, 11) is 1.89. The third-order valence-electron chi connectivity index (χ3n) is 0.931. The molecule has 1 N–H and O–H groups in total. The molecule has 0 aromatic carbocycles. The topological polar surface area (TPSA) is 42.2 Å². The molecule has 0 aliphatic heterocycles. The zero-order valence-electron chi connectivity index (χ0n) is 5.96. The van der Waals surface area contributed by atoms with Crippen LogP contribution in [0.4, 0.5) is 0 Å². The van der Waals surface area contributed by atoms with Gasteiger partial charge in [-0.1, -0.05) is 0 Å². The maximum Gasteiger partial charge on any atom is 0.117 e. The molecule has 0 fully saturated rings. The summed E-state index contributed by atoms with van der Waals surface area (Å²) in [4.78, 5) is 8.00. The van der Waals surface area contributed by atoms with Gasteiger partial charge in [-0.05, 0) is 19.2 Å². The molecule has 1 aromatic heterocycles. The van der Waals surface area contributed by atoms with Crippen molar-refractivity contribution in [3.05, 3.63) is 24.2 Å². The molecule has 0 spiro atoms. The average molecular weight is 141 g/mol. The van der Waals surface area contributed by atoms with Gasteiger partial charge in [0, 0.05) is 0 Å². The Kier molecular flexibility index (Phi) is 5.38. The number of furan rings is 1. The minimum Gasteiger partial charge on any atom is -0.468 e. The quantitative estimate of drug-likeness (QED) is 0.662. The monoisotopic (exact) mass is 141 g/mol. The summed E-state index contributed by atoms with van der Waals surface area (Å²) in [5.74, 6) is 0.979. The van der Waals surface area contributed by atoms with Crippen LogP contribution in [-0.2, 0) is 11.3 Å². The largest absolute Gasteiger partial charge is 0.468 e. The maximum absolute atomic E-state index is 8.00. The lowest BCUT2D eigenvalue weighted by Gasteiger charge is -1.89. The Hall–Kier alpha value is -1.09. The first-order chi connectivity index (χ1) is 4.93. The highest BCUT2D eigenvalue weighted by Crippen LogP contribution is 1.96. The van der Waals surface area contributed by atoms with Crippen LogP contribution in [0.2, 0.25) is 0 Å². The summed E-state index contributed by atoms with van der Waals surface area (Å²) >= 11 is 0. The van der Waals surface area contributed by atoms with Crippen molar-refractivity contribution in [2.24, 2.45) is 0 Å². The van der Waals surface area contributed by atoms with Crippen LogP contribution in [0.25, 0.3) is 0 Å². The molecule has 1 aromatic rings. The molecule has 56 valence electrons. The van der Waals surface area contributed by atoms with Crippen LogP contribution < -0.4 is 5.32 Å². The van der Waals surface area contributed by atoms with E-state index < -0.39 is 0 Å². The van der Waals surface area contributed by atoms with Crippen LogP contribution in [0.1, 0.15) is 5.76 Å². The summed E-state index contributed by atoms with van der Waals surface area (Å²) in [6.07, 6.45) is 1.67. The molecule has 0 unspecified atom stereocenters. The molecule has 0 amide bonds. The molecule has 0 radical (unpaired) electrons. The number of carbonyl (C=O) groups excluding carboxylic acids is 1. The van der Waals surface area contributed by atoms with Crippen LogP contribution >= 0.6 is 0 Å².